The highest BCUT2D eigenvalue weighted by atomic mass is 15.6. The molecule has 9 heterocycles. The van der Waals surface area contributed by atoms with Crippen LogP contribution in [0.3, 0.4) is 0 Å². The van der Waals surface area contributed by atoms with Crippen LogP contribution in [0, 0.1) is 0 Å². The fraction of sp³-hybridized carbons (Fsp3) is 0.466. The van der Waals surface area contributed by atoms with Crippen LogP contribution < -0.4 is 0 Å². The van der Waals surface area contributed by atoms with Gasteiger partial charge in [-0.05, 0) is 164 Å². The van der Waals surface area contributed by atoms with Gasteiger partial charge in [-0.25, -0.2) is 15.0 Å². The number of fused-ring (bicyclic) bond motifs is 2. The first kappa shape index (κ1) is 65.9. The summed E-state index contributed by atoms with van der Waals surface area (Å²) >= 11 is 0. The van der Waals surface area contributed by atoms with Crippen molar-refractivity contribution in [1.82, 2.24) is 108 Å². The molecule has 0 unspecified atom stereocenters. The molecule has 0 radical (unpaired) electrons. The Kier molecular flexibility index (Phi) is 29.5. The van der Waals surface area contributed by atoms with Crippen LogP contribution in [-0.4, -0.2) is 108 Å². The normalized spacial score (nSPS) is 10.6. The van der Waals surface area contributed by atoms with Gasteiger partial charge in [-0.1, -0.05) is 49.4 Å². The number of rotatable bonds is 9. The van der Waals surface area contributed by atoms with E-state index < -0.39 is 0 Å². The van der Waals surface area contributed by atoms with Gasteiger partial charge in [0.1, 0.15) is 25.3 Å². The van der Waals surface area contributed by atoms with Crippen LogP contribution in [0.1, 0.15) is 185 Å². The summed E-state index contributed by atoms with van der Waals surface area (Å²) in [5.74, 6) is 1.14. The van der Waals surface area contributed by atoms with E-state index in [1.165, 1.54) is 22.7 Å². The van der Waals surface area contributed by atoms with E-state index in [0.717, 1.165) is 11.3 Å². The molecule has 0 fully saturated rings. The molecule has 11 rings (SSSR count). The molecule has 0 amide bonds. The van der Waals surface area contributed by atoms with Crippen molar-refractivity contribution in [2.75, 3.05) is 0 Å². The van der Waals surface area contributed by atoms with Crippen molar-refractivity contribution in [2.24, 2.45) is 0 Å². The van der Waals surface area contributed by atoms with Gasteiger partial charge in [0.15, 0.2) is 12.2 Å². The highest BCUT2D eigenvalue weighted by molar-refractivity contribution is 5.80. The Morgan fingerprint density at radius 1 is 0.412 bits per heavy atom. The average Bonchev–Trinajstić information content (AvgIpc) is 4.30. The van der Waals surface area contributed by atoms with Crippen molar-refractivity contribution in [2.45, 2.75) is 179 Å². The minimum absolute atomic E-state index is 0.317. The van der Waals surface area contributed by atoms with E-state index >= 15 is 0 Å². The molecule has 0 saturated heterocycles. The molecule has 22 nitrogen and oxygen atoms in total. The standard InChI is InChI=1S/C11H13N.C10H12N2.C7H11N.2C6H10N2.2C5H9N3.2C4H8N4/c1-9(2)12-8-7-10-5-3-4-6-11(10)12;1-8(2)12-7-11-9-5-3-4-6-10(9)12;1-7(2)8-5-3-4-6-8;1-6(2)8-4-3-7-5-8;1-6(2)8-5-3-4-7-8;1-5(2)8-3-6-7-4-8;1-5(2)8-4-6-3-7-8;1-4(2)8-6-3-5-7-8;1-3(2)4-5-7-8-6-4/h3-9H,1-2H3;3-8H,1-2H3;3-7H,1-2H3;2*3-6H,1-2H3;2*3-5H,1-2H3;3-4H,1-2H3;3H,1-2H3,(H,5,6,7,8). The van der Waals surface area contributed by atoms with Crippen molar-refractivity contribution >= 4 is 21.9 Å². The van der Waals surface area contributed by atoms with Gasteiger partial charge in [0.25, 0.3) is 0 Å². The predicted molar refractivity (Wildman–Crippen MR) is 320 cm³/mol. The Hall–Kier alpha value is -8.43. The van der Waals surface area contributed by atoms with Gasteiger partial charge in [0.2, 0.25) is 0 Å². The third-order valence-corrected chi connectivity index (χ3v) is 11.3. The molecule has 22 heteroatoms. The monoisotopic (exact) mass is 1090 g/mol. The van der Waals surface area contributed by atoms with Crippen molar-refractivity contribution in [1.29, 1.82) is 0 Å². The molecule has 11 aromatic rings. The molecule has 1 N–H and O–H groups in total. The third kappa shape index (κ3) is 24.1. The lowest BCUT2D eigenvalue weighted by Crippen LogP contribution is -2.04. The molecular formula is C58H90N22. The number of H-pyrrole nitrogens is 1. The van der Waals surface area contributed by atoms with Crippen LogP contribution in [0.25, 0.3) is 21.9 Å². The van der Waals surface area contributed by atoms with Gasteiger partial charge in [-0.2, -0.15) is 20.2 Å². The Balaban J connectivity index is 0.000000238. The number of hydrogen-bond donors (Lipinski definition) is 1. The summed E-state index contributed by atoms with van der Waals surface area (Å²) in [6, 6.07) is 28.7. The van der Waals surface area contributed by atoms with Crippen LogP contribution >= 0.6 is 0 Å². The number of nitrogens with one attached hydrogen (secondary N) is 1. The van der Waals surface area contributed by atoms with E-state index in [9.17, 15) is 0 Å². The first-order chi connectivity index (χ1) is 38.2. The van der Waals surface area contributed by atoms with Crippen molar-refractivity contribution in [3.05, 3.63) is 166 Å². The van der Waals surface area contributed by atoms with E-state index in [0.29, 0.717) is 54.3 Å². The number of benzene rings is 2. The zero-order valence-electron chi connectivity index (χ0n) is 50.6. The highest BCUT2D eigenvalue weighted by Gasteiger charge is 2.04. The fourth-order valence-corrected chi connectivity index (χ4v) is 6.58. The van der Waals surface area contributed by atoms with Gasteiger partial charge in [0, 0.05) is 97.1 Å². The minimum atomic E-state index is 0.317. The molecule has 80 heavy (non-hydrogen) atoms. The maximum absolute atomic E-state index is 4.30. The molecule has 0 aliphatic rings. The molecule has 0 aliphatic carbocycles. The summed E-state index contributed by atoms with van der Waals surface area (Å²) in [6.45, 7) is 37.9. The van der Waals surface area contributed by atoms with E-state index in [1.54, 1.807) is 47.2 Å². The average molecular weight is 1100 g/mol. The summed E-state index contributed by atoms with van der Waals surface area (Å²) in [7, 11) is 0. The molecular weight excluding hydrogens is 1000 g/mol. The summed E-state index contributed by atoms with van der Waals surface area (Å²) < 4.78 is 14.4. The van der Waals surface area contributed by atoms with Crippen molar-refractivity contribution in [3.8, 4) is 0 Å². The van der Waals surface area contributed by atoms with Crippen LogP contribution in [0.2, 0.25) is 0 Å². The van der Waals surface area contributed by atoms with Crippen molar-refractivity contribution in [3.63, 3.8) is 0 Å². The molecule has 0 saturated carbocycles. The summed E-state index contributed by atoms with van der Waals surface area (Å²) in [4.78, 5) is 13.6. The van der Waals surface area contributed by atoms with Gasteiger partial charge in [-0.15, -0.1) is 30.6 Å². The van der Waals surface area contributed by atoms with Crippen LogP contribution in [0.5, 0.6) is 0 Å². The Morgan fingerprint density at radius 2 is 1.04 bits per heavy atom. The quantitative estimate of drug-likeness (QED) is 0.142. The topological polar surface area (TPSA) is 223 Å². The SMILES string of the molecule is CC(C)c1nn[nH]n1.CC(C)n1ccc2ccccc21.CC(C)n1cccc1.CC(C)n1cccn1.CC(C)n1ccnc1.CC(C)n1cnc2ccccc21.CC(C)n1cncn1.CC(C)n1cnnc1.CC(C)n1ncnn1. The second kappa shape index (κ2) is 35.9. The third-order valence-electron chi connectivity index (χ3n) is 11.3. The number of aromatic amines is 1. The van der Waals surface area contributed by atoms with Crippen molar-refractivity contribution < 1.29 is 0 Å². The number of tetrazole rings is 2. The summed E-state index contributed by atoms with van der Waals surface area (Å²) in [6.07, 6.45) is 25.6. The lowest BCUT2D eigenvalue weighted by molar-refractivity contribution is 0.455. The lowest BCUT2D eigenvalue weighted by Gasteiger charge is -2.08. The molecule has 9 aromatic heterocycles. The van der Waals surface area contributed by atoms with Crippen LogP contribution in [0.15, 0.2) is 160 Å². The van der Waals surface area contributed by atoms with Crippen LogP contribution in [-0.2, 0) is 0 Å². The number of imidazole rings is 2. The summed E-state index contributed by atoms with van der Waals surface area (Å²) in [5.41, 5.74) is 3.62. The largest absolute Gasteiger partial charge is 0.352 e. The maximum Gasteiger partial charge on any atom is 0.177 e. The summed E-state index contributed by atoms with van der Waals surface area (Å²) in [5, 5.41) is 40.9. The molecule has 0 atom stereocenters. The zero-order chi connectivity index (χ0) is 59.0. The van der Waals surface area contributed by atoms with Gasteiger partial charge < -0.3 is 22.8 Å². The number of para-hydroxylation sites is 3. The maximum atomic E-state index is 4.30. The molecule has 0 bridgehead atoms. The minimum Gasteiger partial charge on any atom is -0.352 e. The Morgan fingerprint density at radius 3 is 1.43 bits per heavy atom. The number of hydrogen-bond acceptors (Lipinski definition) is 13. The first-order valence-electron chi connectivity index (χ1n) is 27.4. The van der Waals surface area contributed by atoms with Gasteiger partial charge in [-0.3, -0.25) is 9.36 Å². The van der Waals surface area contributed by atoms with Crippen LogP contribution in [0.4, 0.5) is 0 Å². The lowest BCUT2D eigenvalue weighted by atomic mass is 10.2. The Labute approximate surface area is 473 Å². The van der Waals surface area contributed by atoms with E-state index in [1.807, 2.05) is 98.4 Å². The first-order valence-corrected chi connectivity index (χ1v) is 27.4. The van der Waals surface area contributed by atoms with Gasteiger partial charge in [0.05, 0.1) is 29.7 Å². The number of aromatic nitrogens is 22. The molecule has 0 spiro atoms. The number of nitrogens with zero attached hydrogens (tertiary/aromatic N) is 21. The Bertz CT molecular complexity index is 2630. The van der Waals surface area contributed by atoms with E-state index in [4.69, 9.17) is 0 Å². The highest BCUT2D eigenvalue weighted by Crippen LogP contribution is 2.19. The zero-order valence-corrected chi connectivity index (χ0v) is 50.6. The molecule has 2 aromatic carbocycles. The second-order valence-electron chi connectivity index (χ2n) is 20.8. The molecule has 432 valence electrons. The fourth-order valence-electron chi connectivity index (χ4n) is 6.58. The predicted octanol–water partition coefficient (Wildman–Crippen LogP) is 13.1. The molecule has 0 aliphatic heterocycles. The second-order valence-corrected chi connectivity index (χ2v) is 20.8. The van der Waals surface area contributed by atoms with E-state index in [-0.39, 0.29) is 0 Å². The van der Waals surface area contributed by atoms with E-state index in [2.05, 4.69) is 242 Å². The smallest absolute Gasteiger partial charge is 0.177 e. The van der Waals surface area contributed by atoms with Gasteiger partial charge >= 0.3 is 0 Å².